The summed E-state index contributed by atoms with van der Waals surface area (Å²) in [5.74, 6) is -0.0263. The molecular formula is C18H17FN4O. The lowest BCUT2D eigenvalue weighted by molar-refractivity contribution is 0.627. The first kappa shape index (κ1) is 15.9. The third-order valence-corrected chi connectivity index (χ3v) is 3.68. The van der Waals surface area contributed by atoms with E-state index in [0.717, 1.165) is 22.4 Å². The molecule has 1 aromatic heterocycles. The van der Waals surface area contributed by atoms with Crippen molar-refractivity contribution in [3.8, 4) is 0 Å². The molecular weight excluding hydrogens is 307 g/mol. The van der Waals surface area contributed by atoms with Gasteiger partial charge in [0.05, 0.1) is 0 Å². The smallest absolute Gasteiger partial charge is 0.274 e. The number of anilines is 2. The van der Waals surface area contributed by atoms with Crippen LogP contribution in [0.25, 0.3) is 0 Å². The third-order valence-electron chi connectivity index (χ3n) is 3.68. The van der Waals surface area contributed by atoms with Gasteiger partial charge in [-0.1, -0.05) is 29.8 Å². The van der Waals surface area contributed by atoms with Crippen LogP contribution in [-0.2, 0) is 6.42 Å². The van der Waals surface area contributed by atoms with E-state index < -0.39 is 0 Å². The molecule has 0 saturated carbocycles. The van der Waals surface area contributed by atoms with Crippen molar-refractivity contribution in [1.29, 1.82) is 0 Å². The zero-order valence-corrected chi connectivity index (χ0v) is 13.4. The van der Waals surface area contributed by atoms with Crippen molar-refractivity contribution in [3.05, 3.63) is 81.0 Å². The molecule has 2 aromatic carbocycles. The summed E-state index contributed by atoms with van der Waals surface area (Å²) in [4.78, 5) is 14.9. The van der Waals surface area contributed by atoms with E-state index in [1.807, 2.05) is 32.0 Å². The van der Waals surface area contributed by atoms with Crippen molar-refractivity contribution < 1.29 is 4.39 Å². The zero-order chi connectivity index (χ0) is 17.1. The highest BCUT2D eigenvalue weighted by molar-refractivity contribution is 5.58. The Morgan fingerprint density at radius 3 is 2.50 bits per heavy atom. The van der Waals surface area contributed by atoms with E-state index >= 15 is 0 Å². The average molecular weight is 324 g/mol. The first-order valence-corrected chi connectivity index (χ1v) is 7.56. The number of nitrogens with one attached hydrogen (secondary N) is 2. The van der Waals surface area contributed by atoms with Gasteiger partial charge in [0, 0.05) is 12.1 Å². The van der Waals surface area contributed by atoms with Gasteiger partial charge >= 0.3 is 0 Å². The lowest BCUT2D eigenvalue weighted by Gasteiger charge is -2.09. The number of aryl methyl sites for hydroxylation is 2. The van der Waals surface area contributed by atoms with Gasteiger partial charge in [0.2, 0.25) is 5.95 Å². The second-order valence-corrected chi connectivity index (χ2v) is 5.70. The standard InChI is InChI=1S/C18H17FN4O/c1-11-3-8-15(12(2)9-11)20-18-21-17(24)16(22-23-18)10-13-4-6-14(19)7-5-13/h3-9H,10H2,1-2H3,(H2,20,21,23,24). The Morgan fingerprint density at radius 2 is 1.83 bits per heavy atom. The van der Waals surface area contributed by atoms with Gasteiger partial charge in [-0.3, -0.25) is 9.78 Å². The van der Waals surface area contributed by atoms with Gasteiger partial charge < -0.3 is 5.32 Å². The first-order chi connectivity index (χ1) is 11.5. The van der Waals surface area contributed by atoms with E-state index in [9.17, 15) is 9.18 Å². The van der Waals surface area contributed by atoms with Crippen LogP contribution < -0.4 is 10.9 Å². The molecule has 0 bridgehead atoms. The molecule has 1 heterocycles. The molecule has 0 spiro atoms. The van der Waals surface area contributed by atoms with Gasteiger partial charge in [0.1, 0.15) is 11.5 Å². The fourth-order valence-corrected chi connectivity index (χ4v) is 2.41. The monoisotopic (exact) mass is 324 g/mol. The summed E-state index contributed by atoms with van der Waals surface area (Å²) < 4.78 is 12.9. The summed E-state index contributed by atoms with van der Waals surface area (Å²) >= 11 is 0. The highest BCUT2D eigenvalue weighted by Gasteiger charge is 2.07. The fraction of sp³-hybridized carbons (Fsp3) is 0.167. The minimum atomic E-state index is -0.318. The molecule has 0 fully saturated rings. The minimum Gasteiger partial charge on any atom is -0.324 e. The summed E-state index contributed by atoms with van der Waals surface area (Å²) in [6, 6.07) is 11.9. The minimum absolute atomic E-state index is 0.285. The molecule has 24 heavy (non-hydrogen) atoms. The summed E-state index contributed by atoms with van der Waals surface area (Å²) in [6.07, 6.45) is 0.298. The van der Waals surface area contributed by atoms with Crippen molar-refractivity contribution in [2.75, 3.05) is 5.32 Å². The Hall–Kier alpha value is -3.02. The van der Waals surface area contributed by atoms with E-state index in [1.54, 1.807) is 12.1 Å². The van der Waals surface area contributed by atoms with Crippen molar-refractivity contribution >= 4 is 11.6 Å². The topological polar surface area (TPSA) is 70.7 Å². The van der Waals surface area contributed by atoms with Gasteiger partial charge in [-0.05, 0) is 43.2 Å². The SMILES string of the molecule is Cc1ccc(Nc2nnc(Cc3ccc(F)cc3)c(=O)[nH]2)c(C)c1. The molecule has 0 aliphatic rings. The fourth-order valence-electron chi connectivity index (χ4n) is 2.41. The molecule has 2 N–H and O–H groups in total. The van der Waals surface area contributed by atoms with Crippen LogP contribution in [0.4, 0.5) is 16.0 Å². The van der Waals surface area contributed by atoms with Gasteiger partial charge in [-0.15, -0.1) is 10.2 Å². The van der Waals surface area contributed by atoms with Crippen molar-refractivity contribution in [1.82, 2.24) is 15.2 Å². The largest absolute Gasteiger partial charge is 0.324 e. The van der Waals surface area contributed by atoms with E-state index in [1.165, 1.54) is 12.1 Å². The molecule has 0 aliphatic carbocycles. The van der Waals surface area contributed by atoms with Gasteiger partial charge in [-0.2, -0.15) is 0 Å². The van der Waals surface area contributed by atoms with Crippen molar-refractivity contribution in [2.24, 2.45) is 0 Å². The van der Waals surface area contributed by atoms with Gasteiger partial charge in [0.15, 0.2) is 0 Å². The van der Waals surface area contributed by atoms with Crippen LogP contribution in [0.15, 0.2) is 47.3 Å². The van der Waals surface area contributed by atoms with E-state index in [0.29, 0.717) is 6.42 Å². The zero-order valence-electron chi connectivity index (χ0n) is 13.4. The number of halogens is 1. The second-order valence-electron chi connectivity index (χ2n) is 5.70. The summed E-state index contributed by atoms with van der Waals surface area (Å²) in [5, 5.41) is 11.1. The Labute approximate surface area is 138 Å². The van der Waals surface area contributed by atoms with Crippen LogP contribution in [0.5, 0.6) is 0 Å². The maximum Gasteiger partial charge on any atom is 0.274 e. The van der Waals surface area contributed by atoms with Crippen molar-refractivity contribution in [2.45, 2.75) is 20.3 Å². The highest BCUT2D eigenvalue weighted by atomic mass is 19.1. The molecule has 0 aliphatic heterocycles. The lowest BCUT2D eigenvalue weighted by atomic mass is 10.1. The third kappa shape index (κ3) is 3.65. The molecule has 122 valence electrons. The van der Waals surface area contributed by atoms with Gasteiger partial charge in [0.25, 0.3) is 5.56 Å². The number of nitrogens with zero attached hydrogens (tertiary/aromatic N) is 2. The number of aromatic amines is 1. The maximum atomic E-state index is 12.9. The summed E-state index contributed by atoms with van der Waals surface area (Å²) in [6.45, 7) is 3.99. The highest BCUT2D eigenvalue weighted by Crippen LogP contribution is 2.18. The van der Waals surface area contributed by atoms with Crippen LogP contribution in [-0.4, -0.2) is 15.2 Å². The Balaban J connectivity index is 1.79. The van der Waals surface area contributed by atoms with Crippen molar-refractivity contribution in [3.63, 3.8) is 0 Å². The predicted molar refractivity (Wildman–Crippen MR) is 91.1 cm³/mol. The lowest BCUT2D eigenvalue weighted by Crippen LogP contribution is -2.19. The van der Waals surface area contributed by atoms with E-state index in [-0.39, 0.29) is 23.0 Å². The Bertz CT molecular complexity index is 919. The predicted octanol–water partition coefficient (Wildman–Crippen LogP) is 3.26. The Morgan fingerprint density at radius 1 is 1.08 bits per heavy atom. The van der Waals surface area contributed by atoms with Crippen LogP contribution in [0.2, 0.25) is 0 Å². The van der Waals surface area contributed by atoms with Crippen LogP contribution in [0, 0.1) is 19.7 Å². The summed E-state index contributed by atoms with van der Waals surface area (Å²) in [7, 11) is 0. The van der Waals surface area contributed by atoms with E-state index in [4.69, 9.17) is 0 Å². The van der Waals surface area contributed by atoms with Gasteiger partial charge in [-0.25, -0.2) is 4.39 Å². The molecule has 3 rings (SSSR count). The quantitative estimate of drug-likeness (QED) is 0.773. The molecule has 0 saturated heterocycles. The number of H-pyrrole nitrogens is 1. The number of hydrogen-bond donors (Lipinski definition) is 2. The average Bonchev–Trinajstić information content (AvgIpc) is 2.55. The van der Waals surface area contributed by atoms with Crippen LogP contribution in [0.3, 0.4) is 0 Å². The number of benzene rings is 2. The maximum absolute atomic E-state index is 12.9. The normalized spacial score (nSPS) is 10.6. The Kier molecular flexibility index (Phi) is 4.37. The molecule has 3 aromatic rings. The molecule has 0 radical (unpaired) electrons. The number of hydrogen-bond acceptors (Lipinski definition) is 4. The molecule has 0 atom stereocenters. The summed E-state index contributed by atoms with van der Waals surface area (Å²) in [5.41, 5.74) is 3.83. The molecule has 0 unspecified atom stereocenters. The number of aromatic nitrogens is 3. The molecule has 5 nitrogen and oxygen atoms in total. The number of rotatable bonds is 4. The first-order valence-electron chi connectivity index (χ1n) is 7.56. The van der Waals surface area contributed by atoms with Crippen LogP contribution >= 0.6 is 0 Å². The molecule has 0 amide bonds. The van der Waals surface area contributed by atoms with E-state index in [2.05, 4.69) is 20.5 Å². The van der Waals surface area contributed by atoms with Crippen LogP contribution in [0.1, 0.15) is 22.4 Å². The molecule has 6 heteroatoms. The second kappa shape index (κ2) is 6.62.